The van der Waals surface area contributed by atoms with E-state index in [1.807, 2.05) is 30.3 Å². The molecule has 1 saturated heterocycles. The van der Waals surface area contributed by atoms with Gasteiger partial charge in [-0.1, -0.05) is 54.6 Å². The van der Waals surface area contributed by atoms with Gasteiger partial charge in [0, 0.05) is 42.8 Å². The molecule has 0 spiro atoms. The first-order valence-corrected chi connectivity index (χ1v) is 14.1. The minimum absolute atomic E-state index is 0.199. The molecule has 0 bridgehead atoms. The Labute approximate surface area is 235 Å². The van der Waals surface area contributed by atoms with Gasteiger partial charge in [-0.25, -0.2) is 4.79 Å². The van der Waals surface area contributed by atoms with Crippen LogP contribution in [0.5, 0.6) is 0 Å². The molecule has 3 aliphatic rings. The number of carbonyl (C=O) groups excluding carboxylic acids is 1. The van der Waals surface area contributed by atoms with Gasteiger partial charge in [-0.15, -0.1) is 6.58 Å². The van der Waals surface area contributed by atoms with Crippen LogP contribution >= 0.6 is 0 Å². The molecule has 2 fully saturated rings. The monoisotopic (exact) mass is 545 g/mol. The maximum absolute atomic E-state index is 12.4. The Morgan fingerprint density at radius 2 is 1.90 bits per heavy atom. The highest BCUT2D eigenvalue weighted by molar-refractivity contribution is 5.85. The van der Waals surface area contributed by atoms with Crippen LogP contribution in [-0.4, -0.2) is 69.9 Å². The smallest absolute Gasteiger partial charge is 0.407 e. The van der Waals surface area contributed by atoms with Crippen LogP contribution in [0.4, 0.5) is 4.79 Å². The minimum Gasteiger partial charge on any atom is -0.469 e. The SMILES string of the molecule is C=CCN(Cc1ccccc1)C(=O)O.COC(=O)[C@@H]1[C@H]2C[C@H]3c4[nH]c5ccccc5c4CCN3C[C@@H]2CC[C@@H]1O. The normalized spacial score (nSPS) is 25.4. The molecule has 40 heavy (non-hydrogen) atoms. The quantitative estimate of drug-likeness (QED) is 0.308. The number of aromatic amines is 1. The number of esters is 1. The van der Waals surface area contributed by atoms with Gasteiger partial charge in [0.25, 0.3) is 0 Å². The zero-order valence-corrected chi connectivity index (χ0v) is 23.0. The minimum atomic E-state index is -0.922. The van der Waals surface area contributed by atoms with E-state index in [-0.39, 0.29) is 17.8 Å². The van der Waals surface area contributed by atoms with E-state index in [4.69, 9.17) is 9.84 Å². The van der Waals surface area contributed by atoms with E-state index in [2.05, 4.69) is 40.7 Å². The molecule has 0 radical (unpaired) electrons. The number of piperidine rings is 1. The van der Waals surface area contributed by atoms with Gasteiger partial charge in [-0.2, -0.15) is 0 Å². The van der Waals surface area contributed by atoms with Crippen LogP contribution in [0.3, 0.4) is 0 Å². The highest BCUT2D eigenvalue weighted by Crippen LogP contribution is 2.49. The number of benzene rings is 2. The Morgan fingerprint density at radius 1 is 1.15 bits per heavy atom. The molecule has 212 valence electrons. The largest absolute Gasteiger partial charge is 0.469 e. The van der Waals surface area contributed by atoms with Crippen molar-refractivity contribution in [3.05, 3.63) is 84.1 Å². The summed E-state index contributed by atoms with van der Waals surface area (Å²) < 4.78 is 5.04. The lowest BCUT2D eigenvalue weighted by molar-refractivity contribution is -0.160. The molecule has 1 aromatic heterocycles. The second kappa shape index (κ2) is 12.3. The van der Waals surface area contributed by atoms with Crippen LogP contribution in [-0.2, 0) is 22.5 Å². The fourth-order valence-corrected chi connectivity index (χ4v) is 6.97. The number of aliphatic hydroxyl groups is 1. The highest BCUT2D eigenvalue weighted by Gasteiger charge is 2.49. The van der Waals surface area contributed by atoms with E-state index >= 15 is 0 Å². The van der Waals surface area contributed by atoms with Gasteiger partial charge in [0.05, 0.1) is 25.2 Å². The van der Waals surface area contributed by atoms with Crippen molar-refractivity contribution in [2.75, 3.05) is 26.7 Å². The van der Waals surface area contributed by atoms with Crippen LogP contribution in [0.15, 0.2) is 67.3 Å². The number of para-hydroxylation sites is 1. The third-order valence-corrected chi connectivity index (χ3v) is 8.86. The molecular formula is C32H39N3O5. The number of fused-ring (bicyclic) bond motifs is 6. The average molecular weight is 546 g/mol. The Kier molecular flexibility index (Phi) is 8.57. The van der Waals surface area contributed by atoms with E-state index in [9.17, 15) is 14.7 Å². The van der Waals surface area contributed by atoms with Gasteiger partial charge in [0.1, 0.15) is 0 Å². The van der Waals surface area contributed by atoms with Crippen LogP contribution in [0.25, 0.3) is 10.9 Å². The second-order valence-corrected chi connectivity index (χ2v) is 11.1. The lowest BCUT2D eigenvalue weighted by Gasteiger charge is -2.50. The molecule has 1 amide bonds. The summed E-state index contributed by atoms with van der Waals surface area (Å²) in [5.41, 5.74) is 4.94. The molecule has 1 saturated carbocycles. The number of hydrogen-bond donors (Lipinski definition) is 3. The summed E-state index contributed by atoms with van der Waals surface area (Å²) in [6.45, 7) is 6.37. The molecule has 2 aliphatic heterocycles. The summed E-state index contributed by atoms with van der Waals surface area (Å²) in [6.07, 6.45) is 3.79. The lowest BCUT2D eigenvalue weighted by Crippen LogP contribution is -2.53. The first kappa shape index (κ1) is 27.9. The number of rotatable bonds is 5. The number of carbonyl (C=O) groups is 2. The van der Waals surface area contributed by atoms with Crippen LogP contribution in [0.1, 0.15) is 42.1 Å². The summed E-state index contributed by atoms with van der Waals surface area (Å²) in [5, 5.41) is 20.7. The maximum Gasteiger partial charge on any atom is 0.407 e. The number of amides is 1. The van der Waals surface area contributed by atoms with E-state index in [1.165, 1.54) is 34.2 Å². The molecule has 2 aromatic carbocycles. The Balaban J connectivity index is 0.000000197. The lowest BCUT2D eigenvalue weighted by atomic mass is 9.65. The number of H-pyrrole nitrogens is 1. The third-order valence-electron chi connectivity index (χ3n) is 8.86. The number of aromatic nitrogens is 1. The number of hydrogen-bond acceptors (Lipinski definition) is 5. The average Bonchev–Trinajstić information content (AvgIpc) is 3.36. The van der Waals surface area contributed by atoms with Crippen LogP contribution in [0, 0.1) is 17.8 Å². The molecule has 3 aromatic rings. The fourth-order valence-electron chi connectivity index (χ4n) is 6.97. The zero-order valence-electron chi connectivity index (χ0n) is 23.0. The summed E-state index contributed by atoms with van der Waals surface area (Å²) in [4.78, 5) is 30.7. The standard InChI is InChI=1S/C21H26N2O3.C11H13NO2/c1-26-21(25)19-15-10-17-20-14(13-4-2-3-5-16(13)22-20)8-9-23(17)11-12(15)6-7-18(19)24;1-2-8-12(11(13)14)9-10-6-4-3-5-7-10/h2-5,12,15,17-19,22,24H,6-11H2,1H3;2-7H,1,8-9H2,(H,13,14)/t12-,15-,17-,18-,19+;/m0./s1. The van der Waals surface area contributed by atoms with Crippen molar-refractivity contribution in [3.8, 4) is 0 Å². The highest BCUT2D eigenvalue weighted by atomic mass is 16.5. The first-order chi connectivity index (χ1) is 19.4. The van der Waals surface area contributed by atoms with Crippen molar-refractivity contribution in [3.63, 3.8) is 0 Å². The summed E-state index contributed by atoms with van der Waals surface area (Å²) >= 11 is 0. The topological polar surface area (TPSA) is 106 Å². The van der Waals surface area contributed by atoms with Gasteiger partial charge >= 0.3 is 12.1 Å². The van der Waals surface area contributed by atoms with E-state index < -0.39 is 12.2 Å². The molecule has 0 unspecified atom stereocenters. The first-order valence-electron chi connectivity index (χ1n) is 14.1. The molecule has 3 N–H and O–H groups in total. The molecular weight excluding hydrogens is 506 g/mol. The number of ether oxygens (including phenoxy) is 1. The predicted octanol–water partition coefficient (Wildman–Crippen LogP) is 5.00. The van der Waals surface area contributed by atoms with Crippen molar-refractivity contribution in [1.82, 2.24) is 14.8 Å². The Morgan fingerprint density at radius 3 is 2.62 bits per heavy atom. The van der Waals surface area contributed by atoms with Crippen molar-refractivity contribution < 1.29 is 24.5 Å². The number of carboxylic acid groups (broad SMARTS) is 1. The number of aliphatic hydroxyl groups excluding tert-OH is 1. The molecule has 8 nitrogen and oxygen atoms in total. The molecule has 1 aliphatic carbocycles. The zero-order chi connectivity index (χ0) is 28.2. The van der Waals surface area contributed by atoms with Gasteiger partial charge in [0.2, 0.25) is 0 Å². The molecule has 8 heteroatoms. The maximum atomic E-state index is 12.4. The van der Waals surface area contributed by atoms with Gasteiger partial charge < -0.3 is 24.8 Å². The number of methoxy groups -OCH3 is 1. The Bertz CT molecular complexity index is 1340. The fraction of sp³-hybridized carbons (Fsp3) is 0.438. The predicted molar refractivity (Wildman–Crippen MR) is 154 cm³/mol. The summed E-state index contributed by atoms with van der Waals surface area (Å²) in [5.74, 6) is 0.0541. The van der Waals surface area contributed by atoms with Crippen LogP contribution in [0.2, 0.25) is 0 Å². The van der Waals surface area contributed by atoms with Crippen molar-refractivity contribution in [1.29, 1.82) is 0 Å². The summed E-state index contributed by atoms with van der Waals surface area (Å²) in [6, 6.07) is 18.3. The number of nitrogens with one attached hydrogen (secondary N) is 1. The van der Waals surface area contributed by atoms with Gasteiger partial charge in [0.15, 0.2) is 0 Å². The molecule has 3 heterocycles. The Hall–Kier alpha value is -3.62. The van der Waals surface area contributed by atoms with Crippen LogP contribution < -0.4 is 0 Å². The second-order valence-electron chi connectivity index (χ2n) is 11.1. The van der Waals surface area contributed by atoms with Gasteiger partial charge in [-0.05, 0) is 54.7 Å². The van der Waals surface area contributed by atoms with Gasteiger partial charge in [-0.3, -0.25) is 9.69 Å². The molecule has 6 rings (SSSR count). The van der Waals surface area contributed by atoms with E-state index in [1.54, 1.807) is 6.08 Å². The number of nitrogens with zero attached hydrogens (tertiary/aromatic N) is 2. The molecule has 5 atom stereocenters. The van der Waals surface area contributed by atoms with Crippen molar-refractivity contribution in [2.24, 2.45) is 17.8 Å². The van der Waals surface area contributed by atoms with Crippen molar-refractivity contribution >= 4 is 23.0 Å². The summed E-state index contributed by atoms with van der Waals surface area (Å²) in [7, 11) is 1.43. The van der Waals surface area contributed by atoms with Crippen molar-refractivity contribution in [2.45, 2.75) is 44.4 Å². The third kappa shape index (κ3) is 5.64. The van der Waals surface area contributed by atoms with E-state index in [0.29, 0.717) is 31.5 Å². The van der Waals surface area contributed by atoms with E-state index in [0.717, 1.165) is 37.9 Å².